The smallest absolute Gasteiger partial charge is 0.221 e. The molecular weight excluding hydrogens is 264 g/mol. The molecule has 0 aromatic carbocycles. The molecule has 1 aliphatic heterocycles. The zero-order valence-corrected chi connectivity index (χ0v) is 12.4. The van der Waals surface area contributed by atoms with E-state index in [1.165, 1.54) is 19.3 Å². The molecule has 0 aliphatic carbocycles. The Morgan fingerprint density at radius 1 is 1.33 bits per heavy atom. The van der Waals surface area contributed by atoms with Gasteiger partial charge in [0.1, 0.15) is 5.82 Å². The van der Waals surface area contributed by atoms with Crippen molar-refractivity contribution in [1.82, 2.24) is 19.7 Å². The SMILES string of the molecule is Cc1cnc(N)nc1N1CCC(CCn2cccn2)CC1. The van der Waals surface area contributed by atoms with Crippen LogP contribution in [0.1, 0.15) is 24.8 Å². The third-order valence-corrected chi connectivity index (χ3v) is 4.20. The number of nitrogens with two attached hydrogens (primary N) is 1. The van der Waals surface area contributed by atoms with Crippen molar-refractivity contribution in [2.75, 3.05) is 23.7 Å². The normalized spacial score (nSPS) is 16.3. The molecule has 112 valence electrons. The van der Waals surface area contributed by atoms with Gasteiger partial charge in [-0.2, -0.15) is 10.1 Å². The van der Waals surface area contributed by atoms with E-state index < -0.39 is 0 Å². The summed E-state index contributed by atoms with van der Waals surface area (Å²) in [5.74, 6) is 2.12. The van der Waals surface area contributed by atoms with E-state index in [0.717, 1.165) is 36.9 Å². The van der Waals surface area contributed by atoms with Gasteiger partial charge in [-0.3, -0.25) is 4.68 Å². The highest BCUT2D eigenvalue weighted by Crippen LogP contribution is 2.26. The lowest BCUT2D eigenvalue weighted by Gasteiger charge is -2.33. The Morgan fingerprint density at radius 2 is 2.14 bits per heavy atom. The first kappa shape index (κ1) is 13.9. The van der Waals surface area contributed by atoms with Gasteiger partial charge in [-0.25, -0.2) is 4.98 Å². The largest absolute Gasteiger partial charge is 0.368 e. The van der Waals surface area contributed by atoms with Crippen molar-refractivity contribution in [1.29, 1.82) is 0 Å². The van der Waals surface area contributed by atoms with Gasteiger partial charge in [0.15, 0.2) is 0 Å². The van der Waals surface area contributed by atoms with Crippen molar-refractivity contribution in [2.24, 2.45) is 5.92 Å². The first-order valence-electron chi connectivity index (χ1n) is 7.54. The quantitative estimate of drug-likeness (QED) is 0.929. The summed E-state index contributed by atoms with van der Waals surface area (Å²) in [5.41, 5.74) is 6.80. The molecule has 2 aromatic heterocycles. The highest BCUT2D eigenvalue weighted by Gasteiger charge is 2.21. The molecule has 6 heteroatoms. The highest BCUT2D eigenvalue weighted by atomic mass is 15.3. The zero-order chi connectivity index (χ0) is 14.7. The Balaban J connectivity index is 1.54. The standard InChI is InChI=1S/C15H22N6/c1-12-11-17-15(16)19-14(12)20-8-3-13(4-9-20)5-10-21-7-2-6-18-21/h2,6-7,11,13H,3-5,8-10H2,1H3,(H2,16,17,19). The summed E-state index contributed by atoms with van der Waals surface area (Å²) in [6.45, 7) is 5.14. The van der Waals surface area contributed by atoms with E-state index in [0.29, 0.717) is 5.95 Å². The third kappa shape index (κ3) is 3.32. The molecule has 0 spiro atoms. The van der Waals surface area contributed by atoms with Crippen molar-refractivity contribution < 1.29 is 0 Å². The summed E-state index contributed by atoms with van der Waals surface area (Å²) < 4.78 is 2.02. The minimum atomic E-state index is 0.358. The Hall–Kier alpha value is -2.11. The molecule has 0 unspecified atom stereocenters. The van der Waals surface area contributed by atoms with Crippen molar-refractivity contribution in [3.8, 4) is 0 Å². The van der Waals surface area contributed by atoms with Gasteiger partial charge in [0.05, 0.1) is 0 Å². The molecule has 2 N–H and O–H groups in total. The molecule has 3 heterocycles. The van der Waals surface area contributed by atoms with Crippen LogP contribution in [0, 0.1) is 12.8 Å². The summed E-state index contributed by atoms with van der Waals surface area (Å²) in [7, 11) is 0. The number of anilines is 2. The van der Waals surface area contributed by atoms with Gasteiger partial charge in [0, 0.05) is 43.8 Å². The van der Waals surface area contributed by atoms with Crippen LogP contribution in [0.25, 0.3) is 0 Å². The van der Waals surface area contributed by atoms with Crippen molar-refractivity contribution in [3.63, 3.8) is 0 Å². The third-order valence-electron chi connectivity index (χ3n) is 4.20. The summed E-state index contributed by atoms with van der Waals surface area (Å²) in [5, 5.41) is 4.26. The van der Waals surface area contributed by atoms with Crippen LogP contribution in [0.2, 0.25) is 0 Å². The summed E-state index contributed by atoms with van der Waals surface area (Å²) >= 11 is 0. The molecule has 0 bridgehead atoms. The molecule has 1 saturated heterocycles. The van der Waals surface area contributed by atoms with Crippen LogP contribution < -0.4 is 10.6 Å². The van der Waals surface area contributed by atoms with Crippen LogP contribution in [-0.4, -0.2) is 32.8 Å². The van der Waals surface area contributed by atoms with E-state index in [-0.39, 0.29) is 0 Å². The maximum absolute atomic E-state index is 5.70. The topological polar surface area (TPSA) is 72.9 Å². The van der Waals surface area contributed by atoms with Crippen LogP contribution in [0.4, 0.5) is 11.8 Å². The Bertz CT molecular complexity index is 572. The van der Waals surface area contributed by atoms with Crippen LogP contribution in [0.3, 0.4) is 0 Å². The second-order valence-electron chi connectivity index (χ2n) is 5.72. The first-order valence-corrected chi connectivity index (χ1v) is 7.54. The monoisotopic (exact) mass is 286 g/mol. The van der Waals surface area contributed by atoms with Gasteiger partial charge < -0.3 is 10.6 Å². The summed E-state index contributed by atoms with van der Waals surface area (Å²) in [6.07, 6.45) is 9.27. The predicted octanol–water partition coefficient (Wildman–Crippen LogP) is 1.87. The average Bonchev–Trinajstić information content (AvgIpc) is 3.02. The maximum atomic E-state index is 5.70. The zero-order valence-electron chi connectivity index (χ0n) is 12.4. The van der Waals surface area contributed by atoms with E-state index in [4.69, 9.17) is 5.73 Å². The van der Waals surface area contributed by atoms with E-state index in [9.17, 15) is 0 Å². The van der Waals surface area contributed by atoms with Gasteiger partial charge in [0.25, 0.3) is 0 Å². The second-order valence-corrected chi connectivity index (χ2v) is 5.72. The lowest BCUT2D eigenvalue weighted by molar-refractivity contribution is 0.353. The lowest BCUT2D eigenvalue weighted by atomic mass is 9.93. The predicted molar refractivity (Wildman–Crippen MR) is 83.0 cm³/mol. The average molecular weight is 286 g/mol. The molecule has 2 aromatic rings. The number of rotatable bonds is 4. The number of nitrogens with zero attached hydrogens (tertiary/aromatic N) is 5. The number of aromatic nitrogens is 4. The van der Waals surface area contributed by atoms with Crippen molar-refractivity contribution >= 4 is 11.8 Å². The Kier molecular flexibility index (Phi) is 4.03. The Labute approximate surface area is 125 Å². The molecule has 3 rings (SSSR count). The molecule has 1 fully saturated rings. The fourth-order valence-electron chi connectivity index (χ4n) is 2.95. The fraction of sp³-hybridized carbons (Fsp3) is 0.533. The van der Waals surface area contributed by atoms with Gasteiger partial charge in [0.2, 0.25) is 5.95 Å². The van der Waals surface area contributed by atoms with E-state index >= 15 is 0 Å². The van der Waals surface area contributed by atoms with Crippen LogP contribution in [0.5, 0.6) is 0 Å². The molecule has 0 saturated carbocycles. The van der Waals surface area contributed by atoms with Crippen molar-refractivity contribution in [3.05, 3.63) is 30.2 Å². The first-order chi connectivity index (χ1) is 10.2. The minimum absolute atomic E-state index is 0.358. The molecule has 0 amide bonds. The number of nitrogen functional groups attached to an aromatic ring is 1. The minimum Gasteiger partial charge on any atom is -0.368 e. The number of hydrogen-bond acceptors (Lipinski definition) is 5. The molecule has 0 radical (unpaired) electrons. The summed E-state index contributed by atoms with van der Waals surface area (Å²) in [6, 6.07) is 1.98. The molecular formula is C15H22N6. The molecule has 1 aliphatic rings. The molecule has 6 nitrogen and oxygen atoms in total. The Morgan fingerprint density at radius 3 is 2.86 bits per heavy atom. The van der Waals surface area contributed by atoms with E-state index in [1.54, 1.807) is 0 Å². The molecule has 21 heavy (non-hydrogen) atoms. The summed E-state index contributed by atoms with van der Waals surface area (Å²) in [4.78, 5) is 10.8. The van der Waals surface area contributed by atoms with E-state index in [2.05, 4.69) is 20.0 Å². The van der Waals surface area contributed by atoms with Gasteiger partial charge in [-0.15, -0.1) is 0 Å². The maximum Gasteiger partial charge on any atom is 0.221 e. The number of piperidine rings is 1. The molecule has 0 atom stereocenters. The highest BCUT2D eigenvalue weighted by molar-refractivity contribution is 5.48. The number of hydrogen-bond donors (Lipinski definition) is 1. The van der Waals surface area contributed by atoms with Gasteiger partial charge in [-0.1, -0.05) is 0 Å². The van der Waals surface area contributed by atoms with Crippen LogP contribution in [0.15, 0.2) is 24.7 Å². The van der Waals surface area contributed by atoms with Gasteiger partial charge >= 0.3 is 0 Å². The van der Waals surface area contributed by atoms with Crippen molar-refractivity contribution in [2.45, 2.75) is 32.7 Å². The number of aryl methyl sites for hydroxylation is 2. The second kappa shape index (κ2) is 6.11. The fourth-order valence-corrected chi connectivity index (χ4v) is 2.95. The lowest BCUT2D eigenvalue weighted by Crippen LogP contribution is -2.35. The van der Waals surface area contributed by atoms with E-state index in [1.807, 2.05) is 36.3 Å². The van der Waals surface area contributed by atoms with Gasteiger partial charge in [-0.05, 0) is 38.2 Å². The van der Waals surface area contributed by atoms with Crippen LogP contribution >= 0.6 is 0 Å². The van der Waals surface area contributed by atoms with Crippen LogP contribution in [-0.2, 0) is 6.54 Å².